The van der Waals surface area contributed by atoms with Crippen LogP contribution in [-0.2, 0) is 0 Å². The van der Waals surface area contributed by atoms with Gasteiger partial charge in [-0.05, 0) is 38.8 Å². The van der Waals surface area contributed by atoms with E-state index in [9.17, 15) is 5.11 Å². The molecule has 0 heterocycles. The van der Waals surface area contributed by atoms with E-state index in [1.54, 1.807) is 0 Å². The van der Waals surface area contributed by atoms with Crippen molar-refractivity contribution in [3.05, 3.63) is 18.2 Å². The average molecular weight is 266 g/mol. The van der Waals surface area contributed by atoms with Crippen LogP contribution in [0.4, 0.5) is 11.4 Å². The maximum Gasteiger partial charge on any atom is 0.144 e. The highest BCUT2D eigenvalue weighted by molar-refractivity contribution is 5.62. The van der Waals surface area contributed by atoms with Crippen LogP contribution in [0.3, 0.4) is 0 Å². The smallest absolute Gasteiger partial charge is 0.144 e. The SMILES string of the molecule is CCC(CC)(CO)Nc1ccc(N)c(OC(C)C)c1. The van der Waals surface area contributed by atoms with Crippen LogP contribution in [0.1, 0.15) is 40.5 Å². The first-order chi connectivity index (χ1) is 8.96. The lowest BCUT2D eigenvalue weighted by Gasteiger charge is -2.32. The minimum Gasteiger partial charge on any atom is -0.489 e. The molecule has 4 N–H and O–H groups in total. The second-order valence-electron chi connectivity index (χ2n) is 5.19. The molecule has 0 spiro atoms. The van der Waals surface area contributed by atoms with E-state index < -0.39 is 0 Å². The third kappa shape index (κ3) is 4.03. The Balaban J connectivity index is 2.95. The first kappa shape index (κ1) is 15.6. The lowest BCUT2D eigenvalue weighted by molar-refractivity contribution is 0.202. The Kier molecular flexibility index (Phi) is 5.48. The van der Waals surface area contributed by atoms with E-state index >= 15 is 0 Å². The van der Waals surface area contributed by atoms with Gasteiger partial charge < -0.3 is 20.9 Å². The number of nitrogens with one attached hydrogen (secondary N) is 1. The topological polar surface area (TPSA) is 67.5 Å². The summed E-state index contributed by atoms with van der Waals surface area (Å²) in [5.74, 6) is 0.680. The van der Waals surface area contributed by atoms with E-state index in [0.717, 1.165) is 18.5 Å². The average Bonchev–Trinajstić information content (AvgIpc) is 2.39. The van der Waals surface area contributed by atoms with Crippen molar-refractivity contribution in [2.75, 3.05) is 17.7 Å². The number of aliphatic hydroxyl groups is 1. The molecule has 0 aliphatic rings. The summed E-state index contributed by atoms with van der Waals surface area (Å²) in [6, 6.07) is 5.64. The fraction of sp³-hybridized carbons (Fsp3) is 0.600. The van der Waals surface area contributed by atoms with Crippen molar-refractivity contribution >= 4 is 11.4 Å². The number of benzene rings is 1. The lowest BCUT2D eigenvalue weighted by atomic mass is 9.93. The summed E-state index contributed by atoms with van der Waals surface area (Å²) in [7, 11) is 0. The number of hydrogen-bond donors (Lipinski definition) is 3. The normalized spacial score (nSPS) is 11.7. The van der Waals surface area contributed by atoms with Crippen LogP contribution < -0.4 is 15.8 Å². The molecule has 0 amide bonds. The molecule has 1 aromatic carbocycles. The summed E-state index contributed by atoms with van der Waals surface area (Å²) >= 11 is 0. The van der Waals surface area contributed by atoms with Gasteiger partial charge >= 0.3 is 0 Å². The van der Waals surface area contributed by atoms with Gasteiger partial charge in [0.25, 0.3) is 0 Å². The van der Waals surface area contributed by atoms with Crippen LogP contribution in [0.5, 0.6) is 5.75 Å². The molecule has 4 heteroatoms. The van der Waals surface area contributed by atoms with Gasteiger partial charge in [0, 0.05) is 11.8 Å². The Morgan fingerprint density at radius 3 is 2.42 bits per heavy atom. The lowest BCUT2D eigenvalue weighted by Crippen LogP contribution is -2.40. The maximum absolute atomic E-state index is 9.59. The number of aliphatic hydroxyl groups excluding tert-OH is 1. The van der Waals surface area contributed by atoms with Crippen molar-refractivity contribution in [3.63, 3.8) is 0 Å². The summed E-state index contributed by atoms with van der Waals surface area (Å²) < 4.78 is 5.67. The first-order valence-electron chi connectivity index (χ1n) is 6.91. The van der Waals surface area contributed by atoms with Crippen LogP contribution in [-0.4, -0.2) is 23.4 Å². The molecule has 0 aliphatic carbocycles. The highest BCUT2D eigenvalue weighted by Gasteiger charge is 2.24. The van der Waals surface area contributed by atoms with Gasteiger partial charge in [-0.1, -0.05) is 13.8 Å². The monoisotopic (exact) mass is 266 g/mol. The predicted molar refractivity (Wildman–Crippen MR) is 80.6 cm³/mol. The molecule has 4 nitrogen and oxygen atoms in total. The van der Waals surface area contributed by atoms with E-state index in [1.807, 2.05) is 32.0 Å². The second-order valence-corrected chi connectivity index (χ2v) is 5.19. The number of nitrogen functional groups attached to an aromatic ring is 1. The molecule has 0 saturated carbocycles. The Labute approximate surface area is 116 Å². The molecule has 0 saturated heterocycles. The fourth-order valence-corrected chi connectivity index (χ4v) is 1.96. The third-order valence-corrected chi connectivity index (χ3v) is 3.44. The standard InChI is InChI=1S/C15H26N2O2/c1-5-15(6-2,10-18)17-12-7-8-13(16)14(9-12)19-11(3)4/h7-9,11,17-18H,5-6,10,16H2,1-4H3. The van der Waals surface area contributed by atoms with Gasteiger partial charge in [0.15, 0.2) is 0 Å². The summed E-state index contributed by atoms with van der Waals surface area (Å²) in [6.45, 7) is 8.17. The molecule has 0 aliphatic heterocycles. The van der Waals surface area contributed by atoms with E-state index in [-0.39, 0.29) is 18.2 Å². The van der Waals surface area contributed by atoms with Crippen LogP contribution in [0.15, 0.2) is 18.2 Å². The fourth-order valence-electron chi connectivity index (χ4n) is 1.96. The van der Waals surface area contributed by atoms with Gasteiger partial charge in [-0.15, -0.1) is 0 Å². The van der Waals surface area contributed by atoms with Gasteiger partial charge in [0.1, 0.15) is 5.75 Å². The van der Waals surface area contributed by atoms with Gasteiger partial charge in [0.05, 0.1) is 23.9 Å². The Hall–Kier alpha value is -1.42. The zero-order chi connectivity index (χ0) is 14.5. The van der Waals surface area contributed by atoms with Crippen LogP contribution in [0.2, 0.25) is 0 Å². The molecular formula is C15H26N2O2. The molecule has 1 rings (SSSR count). The Morgan fingerprint density at radius 2 is 1.95 bits per heavy atom. The molecule has 108 valence electrons. The Bertz CT molecular complexity index is 393. The van der Waals surface area contributed by atoms with E-state index in [4.69, 9.17) is 10.5 Å². The number of nitrogens with two attached hydrogens (primary N) is 1. The largest absolute Gasteiger partial charge is 0.489 e. The highest BCUT2D eigenvalue weighted by Crippen LogP contribution is 2.29. The van der Waals surface area contributed by atoms with Gasteiger partial charge in [-0.25, -0.2) is 0 Å². The number of rotatable bonds is 7. The van der Waals surface area contributed by atoms with Crippen LogP contribution in [0, 0.1) is 0 Å². The molecule has 1 aromatic rings. The molecular weight excluding hydrogens is 240 g/mol. The minimum atomic E-state index is -0.286. The third-order valence-electron chi connectivity index (χ3n) is 3.44. The quantitative estimate of drug-likeness (QED) is 0.664. The van der Waals surface area contributed by atoms with Crippen molar-refractivity contribution in [2.24, 2.45) is 0 Å². The summed E-state index contributed by atoms with van der Waals surface area (Å²) in [6.07, 6.45) is 1.78. The van der Waals surface area contributed by atoms with Crippen molar-refractivity contribution < 1.29 is 9.84 Å². The molecule has 0 unspecified atom stereocenters. The zero-order valence-corrected chi connectivity index (χ0v) is 12.4. The Morgan fingerprint density at radius 1 is 1.32 bits per heavy atom. The van der Waals surface area contributed by atoms with Crippen molar-refractivity contribution in [3.8, 4) is 5.75 Å². The highest BCUT2D eigenvalue weighted by atomic mass is 16.5. The van der Waals surface area contributed by atoms with E-state index in [2.05, 4.69) is 19.2 Å². The number of ether oxygens (including phenoxy) is 1. The van der Waals surface area contributed by atoms with Gasteiger partial charge in [-0.3, -0.25) is 0 Å². The van der Waals surface area contributed by atoms with Crippen molar-refractivity contribution in [1.82, 2.24) is 0 Å². The maximum atomic E-state index is 9.59. The predicted octanol–water partition coefficient (Wildman–Crippen LogP) is 3.02. The molecule has 0 bridgehead atoms. The van der Waals surface area contributed by atoms with Crippen molar-refractivity contribution in [1.29, 1.82) is 0 Å². The van der Waals surface area contributed by atoms with Crippen LogP contribution >= 0.6 is 0 Å². The van der Waals surface area contributed by atoms with Gasteiger partial charge in [0.2, 0.25) is 0 Å². The first-order valence-corrected chi connectivity index (χ1v) is 6.91. The van der Waals surface area contributed by atoms with Crippen LogP contribution in [0.25, 0.3) is 0 Å². The summed E-state index contributed by atoms with van der Waals surface area (Å²) in [4.78, 5) is 0. The van der Waals surface area contributed by atoms with Gasteiger partial charge in [-0.2, -0.15) is 0 Å². The van der Waals surface area contributed by atoms with E-state index in [1.165, 1.54) is 0 Å². The number of hydrogen-bond acceptors (Lipinski definition) is 4. The molecule has 0 radical (unpaired) electrons. The molecule has 0 aromatic heterocycles. The zero-order valence-electron chi connectivity index (χ0n) is 12.4. The second kappa shape index (κ2) is 6.66. The van der Waals surface area contributed by atoms with Crippen molar-refractivity contribution in [2.45, 2.75) is 52.2 Å². The number of anilines is 2. The summed E-state index contributed by atoms with van der Waals surface area (Å²) in [5, 5.41) is 13.0. The molecule has 0 fully saturated rings. The molecule has 0 atom stereocenters. The minimum absolute atomic E-state index is 0.0810. The summed E-state index contributed by atoms with van der Waals surface area (Å²) in [5.41, 5.74) is 7.16. The van der Waals surface area contributed by atoms with E-state index in [0.29, 0.717) is 11.4 Å². The molecule has 19 heavy (non-hydrogen) atoms.